The predicted molar refractivity (Wildman–Crippen MR) is 81.3 cm³/mol. The maximum atomic E-state index is 11.9. The van der Waals surface area contributed by atoms with Crippen LogP contribution >= 0.6 is 0 Å². The molecule has 0 saturated heterocycles. The van der Waals surface area contributed by atoms with Gasteiger partial charge in [0, 0.05) is 23.1 Å². The van der Waals surface area contributed by atoms with Crippen LogP contribution in [0.15, 0.2) is 23.8 Å². The minimum atomic E-state index is -0.667. The molecule has 0 saturated carbocycles. The van der Waals surface area contributed by atoms with Crippen molar-refractivity contribution in [3.05, 3.63) is 23.8 Å². The first-order chi connectivity index (χ1) is 8.84. The monoisotopic (exact) mass is 281 g/mol. The lowest BCUT2D eigenvalue weighted by Gasteiger charge is -2.24. The van der Waals surface area contributed by atoms with E-state index < -0.39 is 11.6 Å². The van der Waals surface area contributed by atoms with Gasteiger partial charge in [-0.15, -0.1) is 0 Å². The minimum Gasteiger partial charge on any atom is -0.456 e. The molecule has 4 nitrogen and oxygen atoms in total. The highest BCUT2D eigenvalue weighted by molar-refractivity contribution is 5.93. The van der Waals surface area contributed by atoms with E-state index in [4.69, 9.17) is 4.74 Å². The Kier molecular flexibility index (Phi) is 6.20. The third-order valence-corrected chi connectivity index (χ3v) is 2.46. The predicted octanol–water partition coefficient (Wildman–Crippen LogP) is 3.14. The molecule has 0 aromatic heterocycles. The average Bonchev–Trinajstić information content (AvgIpc) is 2.22. The lowest BCUT2D eigenvalue weighted by atomic mass is 10.0. The zero-order chi connectivity index (χ0) is 16.1. The Labute approximate surface area is 122 Å². The van der Waals surface area contributed by atoms with E-state index in [0.717, 1.165) is 0 Å². The van der Waals surface area contributed by atoms with E-state index in [9.17, 15) is 9.59 Å². The second-order valence-electron chi connectivity index (χ2n) is 6.72. The number of rotatable bonds is 5. The zero-order valence-electron chi connectivity index (χ0n) is 13.7. The molecule has 0 aromatic rings. The standard InChI is InChI=1S/C16H27NO3/c1-11(2)14(19)20-16(7,8)10-9-12(3)13(18)17-15(4,5)6/h9H,1,10H2,2-8H3,(H,17,18)/b12-9+. The Morgan fingerprint density at radius 2 is 1.65 bits per heavy atom. The maximum Gasteiger partial charge on any atom is 0.333 e. The highest BCUT2D eigenvalue weighted by atomic mass is 16.6. The van der Waals surface area contributed by atoms with Gasteiger partial charge in [-0.1, -0.05) is 12.7 Å². The maximum absolute atomic E-state index is 11.9. The van der Waals surface area contributed by atoms with Gasteiger partial charge in [-0.2, -0.15) is 0 Å². The van der Waals surface area contributed by atoms with E-state index in [2.05, 4.69) is 11.9 Å². The van der Waals surface area contributed by atoms with Crippen molar-refractivity contribution in [3.8, 4) is 0 Å². The average molecular weight is 281 g/mol. The van der Waals surface area contributed by atoms with Crippen LogP contribution in [0.3, 0.4) is 0 Å². The molecule has 0 radical (unpaired) electrons. The number of ether oxygens (including phenoxy) is 1. The molecule has 1 amide bonds. The van der Waals surface area contributed by atoms with E-state index >= 15 is 0 Å². The molecule has 0 rings (SSSR count). The Morgan fingerprint density at radius 1 is 1.15 bits per heavy atom. The molecule has 20 heavy (non-hydrogen) atoms. The van der Waals surface area contributed by atoms with Crippen LogP contribution in [0.2, 0.25) is 0 Å². The SMILES string of the molecule is C=C(C)C(=O)OC(C)(C)C/C=C(\C)C(=O)NC(C)(C)C. The minimum absolute atomic E-state index is 0.112. The summed E-state index contributed by atoms with van der Waals surface area (Å²) in [6.07, 6.45) is 2.25. The fourth-order valence-electron chi connectivity index (χ4n) is 1.31. The molecule has 0 atom stereocenters. The first-order valence-corrected chi connectivity index (χ1v) is 6.72. The Hall–Kier alpha value is -1.58. The molecule has 0 aliphatic heterocycles. The van der Waals surface area contributed by atoms with E-state index in [1.165, 1.54) is 0 Å². The number of esters is 1. The fraction of sp³-hybridized carbons (Fsp3) is 0.625. The Morgan fingerprint density at radius 3 is 2.05 bits per heavy atom. The Bertz CT molecular complexity index is 425. The molecular weight excluding hydrogens is 254 g/mol. The van der Waals surface area contributed by atoms with Crippen LogP contribution < -0.4 is 5.32 Å². The summed E-state index contributed by atoms with van der Waals surface area (Å²) in [4.78, 5) is 23.4. The van der Waals surface area contributed by atoms with Crippen molar-refractivity contribution in [2.24, 2.45) is 0 Å². The molecule has 0 spiro atoms. The van der Waals surface area contributed by atoms with Crippen molar-refractivity contribution in [1.29, 1.82) is 0 Å². The molecule has 0 aliphatic rings. The van der Waals surface area contributed by atoms with Crippen LogP contribution in [0.25, 0.3) is 0 Å². The first kappa shape index (κ1) is 18.4. The molecule has 4 heteroatoms. The summed E-state index contributed by atoms with van der Waals surface area (Å²) >= 11 is 0. The number of amides is 1. The van der Waals surface area contributed by atoms with Crippen molar-refractivity contribution in [2.45, 2.75) is 66.0 Å². The van der Waals surface area contributed by atoms with Crippen LogP contribution in [0.5, 0.6) is 0 Å². The number of carbonyl (C=O) groups excluding carboxylic acids is 2. The third kappa shape index (κ3) is 7.77. The van der Waals surface area contributed by atoms with Crippen molar-refractivity contribution in [1.82, 2.24) is 5.32 Å². The molecular formula is C16H27NO3. The zero-order valence-corrected chi connectivity index (χ0v) is 13.7. The Balaban J connectivity index is 4.64. The van der Waals surface area contributed by atoms with Gasteiger partial charge in [0.1, 0.15) is 5.60 Å². The summed E-state index contributed by atoms with van der Waals surface area (Å²) < 4.78 is 5.32. The molecule has 0 bridgehead atoms. The lowest BCUT2D eigenvalue weighted by molar-refractivity contribution is -0.151. The van der Waals surface area contributed by atoms with Crippen molar-refractivity contribution < 1.29 is 14.3 Å². The van der Waals surface area contributed by atoms with Gasteiger partial charge in [0.15, 0.2) is 0 Å². The summed E-state index contributed by atoms with van der Waals surface area (Å²) in [6.45, 7) is 16.3. The summed E-state index contributed by atoms with van der Waals surface area (Å²) in [6, 6.07) is 0. The number of hydrogen-bond acceptors (Lipinski definition) is 3. The quantitative estimate of drug-likeness (QED) is 0.622. The normalized spacial score (nSPS) is 12.8. The van der Waals surface area contributed by atoms with Crippen LogP contribution in [0.1, 0.15) is 54.9 Å². The lowest BCUT2D eigenvalue weighted by Crippen LogP contribution is -2.41. The summed E-state index contributed by atoms with van der Waals surface area (Å²) in [5, 5.41) is 2.89. The second-order valence-corrected chi connectivity index (χ2v) is 6.72. The number of hydrogen-bond donors (Lipinski definition) is 1. The first-order valence-electron chi connectivity index (χ1n) is 6.72. The molecule has 0 unspecified atom stereocenters. The van der Waals surface area contributed by atoms with Crippen LogP contribution in [0, 0.1) is 0 Å². The van der Waals surface area contributed by atoms with E-state index in [-0.39, 0.29) is 11.4 Å². The van der Waals surface area contributed by atoms with Crippen molar-refractivity contribution in [2.75, 3.05) is 0 Å². The van der Waals surface area contributed by atoms with Gasteiger partial charge in [0.2, 0.25) is 5.91 Å². The van der Waals surface area contributed by atoms with Crippen molar-refractivity contribution in [3.63, 3.8) is 0 Å². The topological polar surface area (TPSA) is 55.4 Å². The molecule has 0 aromatic carbocycles. The number of nitrogens with one attached hydrogen (secondary N) is 1. The van der Waals surface area contributed by atoms with E-state index in [0.29, 0.717) is 17.6 Å². The molecule has 1 N–H and O–H groups in total. The fourth-order valence-corrected chi connectivity index (χ4v) is 1.31. The number of carbonyl (C=O) groups is 2. The molecule has 0 aliphatic carbocycles. The highest BCUT2D eigenvalue weighted by Gasteiger charge is 2.23. The van der Waals surface area contributed by atoms with Gasteiger partial charge >= 0.3 is 5.97 Å². The molecule has 114 valence electrons. The van der Waals surface area contributed by atoms with Gasteiger partial charge < -0.3 is 10.1 Å². The van der Waals surface area contributed by atoms with Gasteiger partial charge in [-0.3, -0.25) is 4.79 Å². The smallest absolute Gasteiger partial charge is 0.333 e. The van der Waals surface area contributed by atoms with E-state index in [1.807, 2.05) is 20.8 Å². The summed E-state index contributed by atoms with van der Waals surface area (Å²) in [5.74, 6) is -0.528. The van der Waals surface area contributed by atoms with Crippen LogP contribution in [-0.4, -0.2) is 23.0 Å². The van der Waals surface area contributed by atoms with Gasteiger partial charge in [0.25, 0.3) is 0 Å². The highest BCUT2D eigenvalue weighted by Crippen LogP contribution is 2.18. The van der Waals surface area contributed by atoms with Gasteiger partial charge in [-0.25, -0.2) is 4.79 Å². The van der Waals surface area contributed by atoms with E-state index in [1.54, 1.807) is 33.8 Å². The van der Waals surface area contributed by atoms with Crippen LogP contribution in [0.4, 0.5) is 0 Å². The molecule has 0 heterocycles. The summed E-state index contributed by atoms with van der Waals surface area (Å²) in [5.41, 5.74) is 0.0385. The van der Waals surface area contributed by atoms with Gasteiger partial charge in [0.05, 0.1) is 0 Å². The largest absolute Gasteiger partial charge is 0.456 e. The third-order valence-electron chi connectivity index (χ3n) is 2.46. The summed E-state index contributed by atoms with van der Waals surface area (Å²) in [7, 11) is 0. The van der Waals surface area contributed by atoms with Gasteiger partial charge in [-0.05, 0) is 48.5 Å². The second kappa shape index (κ2) is 6.73. The van der Waals surface area contributed by atoms with Crippen LogP contribution in [-0.2, 0) is 14.3 Å². The van der Waals surface area contributed by atoms with Crippen molar-refractivity contribution >= 4 is 11.9 Å². The molecule has 0 fully saturated rings.